The Balaban J connectivity index is 1.60. The maximum absolute atomic E-state index is 6.14. The molecule has 4 aromatic rings. The van der Waals surface area contributed by atoms with Crippen molar-refractivity contribution in [2.75, 3.05) is 18.0 Å². The first-order chi connectivity index (χ1) is 12.3. The number of thiophene rings is 1. The zero-order valence-corrected chi connectivity index (χ0v) is 14.6. The Bertz CT molecular complexity index is 1030. The van der Waals surface area contributed by atoms with Gasteiger partial charge in [0.1, 0.15) is 23.5 Å². The highest BCUT2D eigenvalue weighted by atomic mass is 32.1. The molecule has 1 fully saturated rings. The Hall–Kier alpha value is -2.44. The van der Waals surface area contributed by atoms with E-state index in [4.69, 9.17) is 9.15 Å². The molecular formula is C19H17N3O2S. The Morgan fingerprint density at radius 2 is 2.08 bits per heavy atom. The quantitative estimate of drug-likeness (QED) is 0.536. The molecule has 2 atom stereocenters. The zero-order valence-electron chi connectivity index (χ0n) is 13.8. The summed E-state index contributed by atoms with van der Waals surface area (Å²) in [6.07, 6.45) is 1.79. The van der Waals surface area contributed by atoms with E-state index in [0.29, 0.717) is 0 Å². The largest absolute Gasteiger partial charge is 0.450 e. The fourth-order valence-electron chi connectivity index (χ4n) is 3.50. The molecule has 5 rings (SSSR count). The Labute approximate surface area is 148 Å². The normalized spacial score (nSPS) is 21.2. The highest BCUT2D eigenvalue weighted by molar-refractivity contribution is 7.07. The first-order valence-corrected chi connectivity index (χ1v) is 9.28. The average Bonchev–Trinajstić information content (AvgIpc) is 3.29. The Morgan fingerprint density at radius 1 is 1.16 bits per heavy atom. The Kier molecular flexibility index (Phi) is 3.46. The van der Waals surface area contributed by atoms with Gasteiger partial charge in [-0.3, -0.25) is 0 Å². The summed E-state index contributed by atoms with van der Waals surface area (Å²) in [5.41, 5.74) is 3.68. The summed E-state index contributed by atoms with van der Waals surface area (Å²) in [5.74, 6) is 0.844. The van der Waals surface area contributed by atoms with Crippen LogP contribution in [0, 0.1) is 0 Å². The number of hydrogen-bond acceptors (Lipinski definition) is 6. The molecule has 4 heterocycles. The van der Waals surface area contributed by atoms with E-state index in [0.717, 1.165) is 41.0 Å². The van der Waals surface area contributed by atoms with E-state index in [1.54, 1.807) is 17.7 Å². The minimum Gasteiger partial charge on any atom is -0.450 e. The third kappa shape index (κ3) is 2.49. The van der Waals surface area contributed by atoms with Crippen LogP contribution in [0.4, 0.5) is 5.82 Å². The van der Waals surface area contributed by atoms with Crippen LogP contribution < -0.4 is 4.90 Å². The van der Waals surface area contributed by atoms with Crippen molar-refractivity contribution < 1.29 is 9.15 Å². The van der Waals surface area contributed by atoms with Crippen molar-refractivity contribution in [2.45, 2.75) is 19.1 Å². The molecule has 1 aromatic carbocycles. The van der Waals surface area contributed by atoms with Gasteiger partial charge in [-0.15, -0.1) is 0 Å². The van der Waals surface area contributed by atoms with Crippen LogP contribution in [0.25, 0.3) is 22.1 Å². The van der Waals surface area contributed by atoms with Crippen LogP contribution in [0.15, 0.2) is 51.8 Å². The van der Waals surface area contributed by atoms with Crippen LogP contribution in [0.5, 0.6) is 0 Å². The molecule has 0 N–H and O–H groups in total. The number of para-hydroxylation sites is 1. The number of benzene rings is 1. The maximum Gasteiger partial charge on any atom is 0.196 e. The molecule has 0 saturated carbocycles. The molecule has 0 bridgehead atoms. The van der Waals surface area contributed by atoms with Crippen LogP contribution in [0.2, 0.25) is 0 Å². The average molecular weight is 351 g/mol. The molecule has 126 valence electrons. The minimum atomic E-state index is 0.0457. The highest BCUT2D eigenvalue weighted by Crippen LogP contribution is 2.35. The maximum atomic E-state index is 6.14. The molecule has 2 unspecified atom stereocenters. The molecule has 1 aliphatic rings. The molecule has 1 saturated heterocycles. The fraction of sp³-hybridized carbons (Fsp3) is 0.263. The fourth-order valence-corrected chi connectivity index (χ4v) is 4.21. The second-order valence-corrected chi connectivity index (χ2v) is 7.15. The van der Waals surface area contributed by atoms with Gasteiger partial charge in [0.05, 0.1) is 12.6 Å². The van der Waals surface area contributed by atoms with Gasteiger partial charge in [0.2, 0.25) is 0 Å². The van der Waals surface area contributed by atoms with Gasteiger partial charge < -0.3 is 14.1 Å². The lowest BCUT2D eigenvalue weighted by molar-refractivity contribution is -0.0173. The van der Waals surface area contributed by atoms with Crippen molar-refractivity contribution in [2.24, 2.45) is 0 Å². The van der Waals surface area contributed by atoms with Gasteiger partial charge in [0.25, 0.3) is 0 Å². The lowest BCUT2D eigenvalue weighted by atomic mass is 10.1. The second-order valence-electron chi connectivity index (χ2n) is 6.37. The number of furan rings is 1. The van der Waals surface area contributed by atoms with Gasteiger partial charge in [0.15, 0.2) is 11.4 Å². The molecule has 0 aliphatic carbocycles. The molecular weight excluding hydrogens is 334 g/mol. The van der Waals surface area contributed by atoms with Gasteiger partial charge in [-0.05, 0) is 41.4 Å². The van der Waals surface area contributed by atoms with Gasteiger partial charge in [0, 0.05) is 11.9 Å². The predicted molar refractivity (Wildman–Crippen MR) is 99.1 cm³/mol. The van der Waals surface area contributed by atoms with Gasteiger partial charge in [-0.25, -0.2) is 9.97 Å². The van der Waals surface area contributed by atoms with Crippen molar-refractivity contribution >= 4 is 39.2 Å². The molecule has 5 nitrogen and oxygen atoms in total. The van der Waals surface area contributed by atoms with E-state index < -0.39 is 0 Å². The molecule has 0 amide bonds. The summed E-state index contributed by atoms with van der Waals surface area (Å²) in [5, 5.41) is 5.26. The van der Waals surface area contributed by atoms with Crippen LogP contribution in [0.3, 0.4) is 0 Å². The van der Waals surface area contributed by atoms with E-state index >= 15 is 0 Å². The molecule has 3 aromatic heterocycles. The SMILES string of the molecule is CC1CN(c2ncnc3c2oc2ccccc23)CC(c2ccsc2)O1. The number of anilines is 1. The molecule has 25 heavy (non-hydrogen) atoms. The predicted octanol–water partition coefficient (Wildman–Crippen LogP) is 4.40. The van der Waals surface area contributed by atoms with E-state index in [1.165, 1.54) is 5.56 Å². The standard InChI is InChI=1S/C19H17N3O2S/c1-12-8-22(9-16(23-12)13-6-7-25-10-13)19-18-17(20-11-21-19)14-4-2-3-5-15(14)24-18/h2-7,10-12,16H,8-9H2,1H3. The highest BCUT2D eigenvalue weighted by Gasteiger charge is 2.29. The third-order valence-corrected chi connectivity index (χ3v) is 5.32. The third-order valence-electron chi connectivity index (χ3n) is 4.61. The number of rotatable bonds is 2. The molecule has 6 heteroatoms. The Morgan fingerprint density at radius 3 is 2.96 bits per heavy atom. The smallest absolute Gasteiger partial charge is 0.196 e. The van der Waals surface area contributed by atoms with Crippen LogP contribution in [0.1, 0.15) is 18.6 Å². The number of aromatic nitrogens is 2. The summed E-state index contributed by atoms with van der Waals surface area (Å²) in [6.45, 7) is 3.64. The lowest BCUT2D eigenvalue weighted by Gasteiger charge is -2.37. The van der Waals surface area contributed by atoms with Crippen molar-refractivity contribution in [3.05, 3.63) is 53.0 Å². The topological polar surface area (TPSA) is 51.4 Å². The monoisotopic (exact) mass is 351 g/mol. The second kappa shape index (κ2) is 5.82. The van der Waals surface area contributed by atoms with Crippen LogP contribution in [-0.4, -0.2) is 29.2 Å². The minimum absolute atomic E-state index is 0.0457. The van der Waals surface area contributed by atoms with Crippen molar-refractivity contribution in [1.82, 2.24) is 9.97 Å². The van der Waals surface area contributed by atoms with Crippen LogP contribution in [-0.2, 0) is 4.74 Å². The van der Waals surface area contributed by atoms with E-state index in [9.17, 15) is 0 Å². The number of fused-ring (bicyclic) bond motifs is 3. The van der Waals surface area contributed by atoms with E-state index in [2.05, 4.69) is 38.6 Å². The van der Waals surface area contributed by atoms with Crippen LogP contribution >= 0.6 is 11.3 Å². The summed E-state index contributed by atoms with van der Waals surface area (Å²) in [4.78, 5) is 11.2. The first kappa shape index (κ1) is 14.9. The number of ether oxygens (including phenoxy) is 1. The van der Waals surface area contributed by atoms with Gasteiger partial charge in [-0.2, -0.15) is 11.3 Å². The number of morpholine rings is 1. The van der Waals surface area contributed by atoms with Crippen molar-refractivity contribution in [3.63, 3.8) is 0 Å². The zero-order chi connectivity index (χ0) is 16.8. The summed E-state index contributed by atoms with van der Waals surface area (Å²) in [7, 11) is 0. The van der Waals surface area contributed by atoms with Crippen molar-refractivity contribution in [3.8, 4) is 0 Å². The van der Waals surface area contributed by atoms with Crippen molar-refractivity contribution in [1.29, 1.82) is 0 Å². The van der Waals surface area contributed by atoms with Gasteiger partial charge in [-0.1, -0.05) is 12.1 Å². The number of hydrogen-bond donors (Lipinski definition) is 0. The molecule has 0 spiro atoms. The first-order valence-electron chi connectivity index (χ1n) is 8.34. The summed E-state index contributed by atoms with van der Waals surface area (Å²) < 4.78 is 12.2. The molecule has 0 radical (unpaired) electrons. The summed E-state index contributed by atoms with van der Waals surface area (Å²) in [6, 6.07) is 10.1. The summed E-state index contributed by atoms with van der Waals surface area (Å²) >= 11 is 1.69. The molecule has 1 aliphatic heterocycles. The van der Waals surface area contributed by atoms with E-state index in [-0.39, 0.29) is 12.2 Å². The van der Waals surface area contributed by atoms with E-state index in [1.807, 2.05) is 24.3 Å². The van der Waals surface area contributed by atoms with Gasteiger partial charge >= 0.3 is 0 Å². The lowest BCUT2D eigenvalue weighted by Crippen LogP contribution is -2.43. The number of nitrogens with zero attached hydrogens (tertiary/aromatic N) is 3.